The Labute approximate surface area is 156 Å². The van der Waals surface area contributed by atoms with Crippen LogP contribution in [0.15, 0.2) is 48.5 Å². The molecule has 0 radical (unpaired) electrons. The van der Waals surface area contributed by atoms with Gasteiger partial charge in [0.25, 0.3) is 5.91 Å². The second kappa shape index (κ2) is 8.32. The lowest BCUT2D eigenvalue weighted by atomic mass is 10.1. The van der Waals surface area contributed by atoms with Gasteiger partial charge in [0.1, 0.15) is 12.2 Å². The van der Waals surface area contributed by atoms with Crippen LogP contribution in [0.3, 0.4) is 0 Å². The van der Waals surface area contributed by atoms with Crippen molar-refractivity contribution in [3.63, 3.8) is 0 Å². The summed E-state index contributed by atoms with van der Waals surface area (Å²) in [5.41, 5.74) is 1.62. The number of carbonyl (C=O) groups excluding carboxylic acids is 2. The summed E-state index contributed by atoms with van der Waals surface area (Å²) in [6, 6.07) is 15.0. The molecule has 0 unspecified atom stereocenters. The van der Waals surface area contributed by atoms with E-state index in [0.29, 0.717) is 43.1 Å². The molecule has 1 aliphatic rings. The molecule has 1 aliphatic heterocycles. The number of halogens is 1. The van der Waals surface area contributed by atoms with Gasteiger partial charge in [0.05, 0.1) is 11.8 Å². The maximum atomic E-state index is 13.9. The van der Waals surface area contributed by atoms with Gasteiger partial charge in [-0.1, -0.05) is 12.1 Å². The number of benzene rings is 2. The van der Waals surface area contributed by atoms with Gasteiger partial charge in [-0.05, 0) is 36.4 Å². The highest BCUT2D eigenvalue weighted by atomic mass is 19.1. The standard InChI is InChI=1S/C20H19FN4O2/c21-17-3-1-2-4-18(17)24-11-13-25(14-12-24)20(27)15-5-7-16(8-6-15)23-19(26)9-10-22/h1-8H,9,11-14H2,(H,23,26). The van der Waals surface area contributed by atoms with Crippen LogP contribution in [0.1, 0.15) is 16.8 Å². The van der Waals surface area contributed by atoms with Crippen LogP contribution in [-0.4, -0.2) is 42.9 Å². The van der Waals surface area contributed by atoms with Gasteiger partial charge in [-0.25, -0.2) is 4.39 Å². The van der Waals surface area contributed by atoms with Crippen molar-refractivity contribution in [3.05, 3.63) is 59.9 Å². The van der Waals surface area contributed by atoms with Gasteiger partial charge in [0.2, 0.25) is 5.91 Å². The molecule has 27 heavy (non-hydrogen) atoms. The Morgan fingerprint density at radius 2 is 1.70 bits per heavy atom. The molecule has 2 aromatic rings. The quantitative estimate of drug-likeness (QED) is 0.903. The third-order valence-electron chi connectivity index (χ3n) is 4.42. The van der Waals surface area contributed by atoms with Gasteiger partial charge < -0.3 is 15.1 Å². The smallest absolute Gasteiger partial charge is 0.253 e. The monoisotopic (exact) mass is 366 g/mol. The first-order valence-corrected chi connectivity index (χ1v) is 8.64. The van der Waals surface area contributed by atoms with Crippen molar-refractivity contribution in [2.24, 2.45) is 0 Å². The largest absolute Gasteiger partial charge is 0.366 e. The Kier molecular flexibility index (Phi) is 5.67. The van der Waals surface area contributed by atoms with E-state index in [9.17, 15) is 14.0 Å². The number of nitrogens with zero attached hydrogens (tertiary/aromatic N) is 3. The number of para-hydroxylation sites is 1. The highest BCUT2D eigenvalue weighted by molar-refractivity contribution is 5.96. The fourth-order valence-electron chi connectivity index (χ4n) is 3.01. The molecule has 1 heterocycles. The normalized spacial score (nSPS) is 13.8. The molecule has 2 aromatic carbocycles. The van der Waals surface area contributed by atoms with Gasteiger partial charge in [0, 0.05) is 37.4 Å². The second-order valence-corrected chi connectivity index (χ2v) is 6.19. The molecule has 0 aromatic heterocycles. The molecule has 0 saturated carbocycles. The first-order chi connectivity index (χ1) is 13.1. The Hall–Kier alpha value is -3.40. The third kappa shape index (κ3) is 4.42. The van der Waals surface area contributed by atoms with E-state index in [0.717, 1.165) is 0 Å². The number of nitriles is 1. The van der Waals surface area contributed by atoms with Crippen LogP contribution in [0.5, 0.6) is 0 Å². The molecule has 7 heteroatoms. The van der Waals surface area contributed by atoms with E-state index in [1.165, 1.54) is 6.07 Å². The van der Waals surface area contributed by atoms with E-state index in [1.54, 1.807) is 53.4 Å². The summed E-state index contributed by atoms with van der Waals surface area (Å²) in [7, 11) is 0. The zero-order valence-corrected chi connectivity index (χ0v) is 14.7. The maximum absolute atomic E-state index is 13.9. The molecule has 0 aliphatic carbocycles. The van der Waals surface area contributed by atoms with Crippen LogP contribution in [-0.2, 0) is 4.79 Å². The number of hydrogen-bond acceptors (Lipinski definition) is 4. The number of rotatable bonds is 4. The number of anilines is 2. The summed E-state index contributed by atoms with van der Waals surface area (Å²) in [5, 5.41) is 11.1. The Morgan fingerprint density at radius 3 is 2.33 bits per heavy atom. The number of nitrogens with one attached hydrogen (secondary N) is 1. The van der Waals surface area contributed by atoms with Gasteiger partial charge >= 0.3 is 0 Å². The van der Waals surface area contributed by atoms with Crippen molar-refractivity contribution in [3.8, 4) is 6.07 Å². The first-order valence-electron chi connectivity index (χ1n) is 8.64. The van der Waals surface area contributed by atoms with Crippen molar-refractivity contribution in [2.45, 2.75) is 6.42 Å². The molecule has 0 bridgehead atoms. The van der Waals surface area contributed by atoms with Gasteiger partial charge in [-0.3, -0.25) is 9.59 Å². The van der Waals surface area contributed by atoms with E-state index in [4.69, 9.17) is 5.26 Å². The summed E-state index contributed by atoms with van der Waals surface area (Å²) in [6.07, 6.45) is -0.215. The molecular formula is C20H19FN4O2. The van der Waals surface area contributed by atoms with E-state index in [1.807, 2.05) is 4.90 Å². The van der Waals surface area contributed by atoms with Gasteiger partial charge in [0.15, 0.2) is 0 Å². The minimum absolute atomic E-state index is 0.0990. The molecular weight excluding hydrogens is 347 g/mol. The topological polar surface area (TPSA) is 76.4 Å². The second-order valence-electron chi connectivity index (χ2n) is 6.19. The van der Waals surface area contributed by atoms with E-state index < -0.39 is 0 Å². The highest BCUT2D eigenvalue weighted by Gasteiger charge is 2.23. The Morgan fingerprint density at radius 1 is 1.04 bits per heavy atom. The first kappa shape index (κ1) is 18.4. The molecule has 2 amide bonds. The summed E-state index contributed by atoms with van der Waals surface area (Å²) < 4.78 is 13.9. The zero-order valence-electron chi connectivity index (χ0n) is 14.7. The average Bonchev–Trinajstić information content (AvgIpc) is 2.69. The molecule has 1 saturated heterocycles. The van der Waals surface area contributed by atoms with Crippen LogP contribution in [0, 0.1) is 17.1 Å². The van der Waals surface area contributed by atoms with Crippen LogP contribution < -0.4 is 10.2 Å². The van der Waals surface area contributed by atoms with Crippen molar-refractivity contribution < 1.29 is 14.0 Å². The van der Waals surface area contributed by atoms with Crippen LogP contribution >= 0.6 is 0 Å². The third-order valence-corrected chi connectivity index (χ3v) is 4.42. The van der Waals surface area contributed by atoms with Crippen LogP contribution in [0.4, 0.5) is 15.8 Å². The molecule has 1 N–H and O–H groups in total. The molecule has 1 fully saturated rings. The van der Waals surface area contributed by atoms with E-state index in [-0.39, 0.29) is 24.1 Å². The minimum Gasteiger partial charge on any atom is -0.366 e. The lowest BCUT2D eigenvalue weighted by molar-refractivity contribution is -0.115. The molecule has 6 nitrogen and oxygen atoms in total. The van der Waals surface area contributed by atoms with E-state index in [2.05, 4.69) is 5.32 Å². The lowest BCUT2D eigenvalue weighted by Crippen LogP contribution is -2.49. The number of carbonyl (C=O) groups is 2. The van der Waals surface area contributed by atoms with Crippen LogP contribution in [0.2, 0.25) is 0 Å². The van der Waals surface area contributed by atoms with E-state index >= 15 is 0 Å². The predicted octanol–water partition coefficient (Wildman–Crippen LogP) is 2.64. The number of piperazine rings is 1. The predicted molar refractivity (Wildman–Crippen MR) is 99.8 cm³/mol. The fraction of sp³-hybridized carbons (Fsp3) is 0.250. The van der Waals surface area contributed by atoms with Gasteiger partial charge in [-0.2, -0.15) is 5.26 Å². The van der Waals surface area contributed by atoms with Crippen molar-refractivity contribution in [2.75, 3.05) is 36.4 Å². The Bertz CT molecular complexity index is 868. The van der Waals surface area contributed by atoms with Crippen molar-refractivity contribution >= 4 is 23.2 Å². The van der Waals surface area contributed by atoms with Crippen LogP contribution in [0.25, 0.3) is 0 Å². The summed E-state index contributed by atoms with van der Waals surface area (Å²) in [4.78, 5) is 27.7. The molecule has 0 spiro atoms. The van der Waals surface area contributed by atoms with Crippen molar-refractivity contribution in [1.29, 1.82) is 5.26 Å². The zero-order chi connectivity index (χ0) is 19.2. The lowest BCUT2D eigenvalue weighted by Gasteiger charge is -2.36. The highest BCUT2D eigenvalue weighted by Crippen LogP contribution is 2.21. The minimum atomic E-state index is -0.388. The fourth-order valence-corrected chi connectivity index (χ4v) is 3.01. The van der Waals surface area contributed by atoms with Gasteiger partial charge in [-0.15, -0.1) is 0 Å². The number of amides is 2. The SMILES string of the molecule is N#CCC(=O)Nc1ccc(C(=O)N2CCN(c3ccccc3F)CC2)cc1. The Balaban J connectivity index is 1.58. The summed E-state index contributed by atoms with van der Waals surface area (Å²) in [6.45, 7) is 2.14. The molecule has 138 valence electrons. The number of hydrogen-bond donors (Lipinski definition) is 1. The average molecular weight is 366 g/mol. The molecule has 0 atom stereocenters. The summed E-state index contributed by atoms with van der Waals surface area (Å²) in [5.74, 6) is -0.745. The molecule has 3 rings (SSSR count). The summed E-state index contributed by atoms with van der Waals surface area (Å²) >= 11 is 0. The maximum Gasteiger partial charge on any atom is 0.253 e. The van der Waals surface area contributed by atoms with Crippen molar-refractivity contribution in [1.82, 2.24) is 4.90 Å².